The third kappa shape index (κ3) is 4.70. The summed E-state index contributed by atoms with van der Waals surface area (Å²) in [6.45, 7) is 6.41. The van der Waals surface area contributed by atoms with Crippen molar-refractivity contribution >= 4 is 10.9 Å². The topological polar surface area (TPSA) is 8.17 Å². The van der Waals surface area contributed by atoms with Crippen molar-refractivity contribution in [2.75, 3.05) is 7.05 Å². The lowest BCUT2D eigenvalue weighted by Crippen LogP contribution is -2.25. The Balaban J connectivity index is 1.69. The lowest BCUT2D eigenvalue weighted by Gasteiger charge is -2.24. The first-order chi connectivity index (χ1) is 16.6. The quantitative estimate of drug-likeness (QED) is 0.275. The Labute approximate surface area is 205 Å². The Kier molecular flexibility index (Phi) is 6.87. The van der Waals surface area contributed by atoms with E-state index in [0.29, 0.717) is 12.0 Å². The molecule has 1 heterocycles. The molecule has 34 heavy (non-hydrogen) atoms. The summed E-state index contributed by atoms with van der Waals surface area (Å²) in [5.74, 6) is 0.646. The fourth-order valence-corrected chi connectivity index (χ4v) is 5.66. The van der Waals surface area contributed by atoms with Crippen molar-refractivity contribution in [1.29, 1.82) is 0 Å². The highest BCUT2D eigenvalue weighted by Gasteiger charge is 2.26. The van der Waals surface area contributed by atoms with Crippen molar-refractivity contribution in [1.82, 2.24) is 9.47 Å². The van der Waals surface area contributed by atoms with Crippen molar-refractivity contribution in [2.45, 2.75) is 71.0 Å². The van der Waals surface area contributed by atoms with Crippen LogP contribution in [0, 0.1) is 0 Å². The lowest BCUT2D eigenvalue weighted by molar-refractivity contribution is 0.266. The molecule has 0 radical (unpaired) electrons. The Bertz CT molecular complexity index is 1230. The van der Waals surface area contributed by atoms with Crippen molar-refractivity contribution in [3.05, 3.63) is 95.6 Å². The molecule has 0 spiro atoms. The second kappa shape index (κ2) is 10.2. The van der Waals surface area contributed by atoms with E-state index in [4.69, 9.17) is 0 Å². The zero-order valence-electron chi connectivity index (χ0n) is 21.0. The van der Waals surface area contributed by atoms with Gasteiger partial charge in [-0.2, -0.15) is 0 Å². The number of rotatable bonds is 7. The predicted molar refractivity (Wildman–Crippen MR) is 145 cm³/mol. The van der Waals surface area contributed by atoms with Gasteiger partial charge in [0.15, 0.2) is 0 Å². The van der Waals surface area contributed by atoms with Crippen LogP contribution in [0.4, 0.5) is 0 Å². The standard InChI is InChI=1S/C32H38N2/c1-24(2)33(3)22-26-15-12-18-28(21-26)32-31(27-16-8-5-9-17-27)29-19-10-11-20-30(29)34(32)23-25-13-6-4-7-14-25/h4,6-7,10-15,18-21,24,27H,5,8-9,16-17,22-23H2,1-3H3. The predicted octanol–water partition coefficient (Wildman–Crippen LogP) is 8.24. The first-order valence-corrected chi connectivity index (χ1v) is 13.1. The summed E-state index contributed by atoms with van der Waals surface area (Å²) in [4.78, 5) is 2.42. The maximum absolute atomic E-state index is 2.60. The summed E-state index contributed by atoms with van der Waals surface area (Å²) in [7, 11) is 2.22. The first-order valence-electron chi connectivity index (χ1n) is 13.1. The van der Waals surface area contributed by atoms with Crippen LogP contribution in [0.3, 0.4) is 0 Å². The summed E-state index contributed by atoms with van der Waals surface area (Å²) < 4.78 is 2.60. The van der Waals surface area contributed by atoms with Crippen LogP contribution in [0.5, 0.6) is 0 Å². The molecule has 1 aromatic heterocycles. The number of hydrogen-bond acceptors (Lipinski definition) is 1. The van der Waals surface area contributed by atoms with E-state index in [1.807, 2.05) is 0 Å². The summed E-state index contributed by atoms with van der Waals surface area (Å²) in [6.07, 6.45) is 6.69. The van der Waals surface area contributed by atoms with Gasteiger partial charge < -0.3 is 4.57 Å². The number of benzene rings is 3. The summed E-state index contributed by atoms with van der Waals surface area (Å²) in [5.41, 5.74) is 8.50. The minimum Gasteiger partial charge on any atom is -0.336 e. The number of para-hydroxylation sites is 1. The molecule has 0 atom stereocenters. The van der Waals surface area contributed by atoms with E-state index in [0.717, 1.165) is 13.1 Å². The summed E-state index contributed by atoms with van der Waals surface area (Å²) >= 11 is 0. The molecule has 1 aliphatic rings. The van der Waals surface area contributed by atoms with Crippen LogP contribution in [-0.2, 0) is 13.1 Å². The van der Waals surface area contributed by atoms with E-state index in [2.05, 4.69) is 109 Å². The van der Waals surface area contributed by atoms with Gasteiger partial charge in [0.05, 0.1) is 5.69 Å². The Morgan fingerprint density at radius 2 is 1.53 bits per heavy atom. The van der Waals surface area contributed by atoms with Gasteiger partial charge in [-0.1, -0.05) is 86.0 Å². The molecule has 0 bridgehead atoms. The fraction of sp³-hybridized carbons (Fsp3) is 0.375. The molecule has 1 aliphatic carbocycles. The average Bonchev–Trinajstić information content (AvgIpc) is 3.19. The number of aromatic nitrogens is 1. The average molecular weight is 451 g/mol. The molecule has 176 valence electrons. The molecule has 3 aromatic carbocycles. The molecule has 0 amide bonds. The van der Waals surface area contributed by atoms with Crippen molar-refractivity contribution in [3.8, 4) is 11.3 Å². The van der Waals surface area contributed by atoms with Crippen LogP contribution in [0.25, 0.3) is 22.2 Å². The Hall–Kier alpha value is -2.84. The van der Waals surface area contributed by atoms with Crippen molar-refractivity contribution in [3.63, 3.8) is 0 Å². The molecule has 0 saturated heterocycles. The highest BCUT2D eigenvalue weighted by atomic mass is 15.1. The summed E-state index contributed by atoms with van der Waals surface area (Å²) in [6, 6.07) is 29.9. The lowest BCUT2D eigenvalue weighted by atomic mass is 9.81. The molecule has 0 unspecified atom stereocenters. The summed E-state index contributed by atoms with van der Waals surface area (Å²) in [5, 5.41) is 1.45. The van der Waals surface area contributed by atoms with Crippen molar-refractivity contribution < 1.29 is 0 Å². The zero-order chi connectivity index (χ0) is 23.5. The number of hydrogen-bond donors (Lipinski definition) is 0. The number of nitrogens with zero attached hydrogens (tertiary/aromatic N) is 2. The van der Waals surface area contributed by atoms with E-state index < -0.39 is 0 Å². The molecule has 5 rings (SSSR count). The van der Waals surface area contributed by atoms with Gasteiger partial charge >= 0.3 is 0 Å². The van der Waals surface area contributed by atoms with Crippen LogP contribution >= 0.6 is 0 Å². The molecule has 0 N–H and O–H groups in total. The zero-order valence-corrected chi connectivity index (χ0v) is 21.0. The fourth-order valence-electron chi connectivity index (χ4n) is 5.66. The SMILES string of the molecule is CC(C)N(C)Cc1cccc(-c2c(C3CCCCC3)c3ccccc3n2Cc2ccccc2)c1. The molecular weight excluding hydrogens is 412 g/mol. The highest BCUT2D eigenvalue weighted by Crippen LogP contribution is 2.44. The largest absolute Gasteiger partial charge is 0.336 e. The van der Waals surface area contributed by atoms with E-state index in [1.165, 1.54) is 65.4 Å². The van der Waals surface area contributed by atoms with Crippen molar-refractivity contribution in [2.24, 2.45) is 0 Å². The van der Waals surface area contributed by atoms with E-state index in [-0.39, 0.29) is 0 Å². The van der Waals surface area contributed by atoms with Crippen LogP contribution in [0.1, 0.15) is 68.6 Å². The minimum absolute atomic E-state index is 0.533. The van der Waals surface area contributed by atoms with E-state index in [1.54, 1.807) is 5.56 Å². The van der Waals surface area contributed by atoms with Gasteiger partial charge in [0.25, 0.3) is 0 Å². The second-order valence-corrected chi connectivity index (χ2v) is 10.4. The van der Waals surface area contributed by atoms with E-state index in [9.17, 15) is 0 Å². The van der Waals surface area contributed by atoms with Crippen LogP contribution in [-0.4, -0.2) is 22.6 Å². The molecule has 1 saturated carbocycles. The molecule has 4 aromatic rings. The molecule has 0 aliphatic heterocycles. The Morgan fingerprint density at radius 3 is 2.29 bits per heavy atom. The Morgan fingerprint density at radius 1 is 0.824 bits per heavy atom. The van der Waals surface area contributed by atoms with E-state index >= 15 is 0 Å². The minimum atomic E-state index is 0.533. The molecule has 1 fully saturated rings. The maximum atomic E-state index is 2.60. The number of fused-ring (bicyclic) bond motifs is 1. The van der Waals surface area contributed by atoms with Gasteiger partial charge in [-0.15, -0.1) is 0 Å². The monoisotopic (exact) mass is 450 g/mol. The second-order valence-electron chi connectivity index (χ2n) is 10.4. The molecule has 2 heteroatoms. The normalized spacial score (nSPS) is 15.0. The van der Waals surface area contributed by atoms with Crippen LogP contribution in [0.2, 0.25) is 0 Å². The van der Waals surface area contributed by atoms with Crippen LogP contribution < -0.4 is 0 Å². The highest BCUT2D eigenvalue weighted by molar-refractivity contribution is 5.92. The maximum Gasteiger partial charge on any atom is 0.0529 e. The molecule has 2 nitrogen and oxygen atoms in total. The van der Waals surface area contributed by atoms with Crippen LogP contribution in [0.15, 0.2) is 78.9 Å². The van der Waals surface area contributed by atoms with Gasteiger partial charge in [0, 0.05) is 30.0 Å². The van der Waals surface area contributed by atoms with Gasteiger partial charge in [0.1, 0.15) is 0 Å². The van der Waals surface area contributed by atoms with Gasteiger partial charge in [-0.05, 0) is 74.0 Å². The van der Waals surface area contributed by atoms with Gasteiger partial charge in [0.2, 0.25) is 0 Å². The third-order valence-electron chi connectivity index (χ3n) is 7.72. The third-order valence-corrected chi connectivity index (χ3v) is 7.72. The smallest absolute Gasteiger partial charge is 0.0529 e. The first kappa shape index (κ1) is 22.9. The van der Waals surface area contributed by atoms with Gasteiger partial charge in [-0.25, -0.2) is 0 Å². The van der Waals surface area contributed by atoms with Gasteiger partial charge in [-0.3, -0.25) is 4.90 Å². The molecular formula is C32H38N2.